The van der Waals surface area contributed by atoms with Crippen LogP contribution in [0.4, 0.5) is 0 Å². The lowest BCUT2D eigenvalue weighted by atomic mass is 10.1. The highest BCUT2D eigenvalue weighted by atomic mass is 32.2. The Morgan fingerprint density at radius 3 is 2.91 bits per heavy atom. The van der Waals surface area contributed by atoms with Crippen LogP contribution in [0.2, 0.25) is 0 Å². The number of aromatic amines is 1. The van der Waals surface area contributed by atoms with Crippen molar-refractivity contribution in [3.63, 3.8) is 0 Å². The molecule has 0 aliphatic carbocycles. The van der Waals surface area contributed by atoms with Crippen LogP contribution < -0.4 is 11.2 Å². The average Bonchev–Trinajstić information content (AvgIpc) is 2.91. The van der Waals surface area contributed by atoms with E-state index in [4.69, 9.17) is 4.74 Å². The molecular weight excluding hydrogens is 308 g/mol. The van der Waals surface area contributed by atoms with E-state index < -0.39 is 29.7 Å². The van der Waals surface area contributed by atoms with E-state index in [1.165, 1.54) is 10.8 Å². The highest BCUT2D eigenvalue weighted by Gasteiger charge is 2.40. The first-order valence-corrected chi connectivity index (χ1v) is 8.40. The van der Waals surface area contributed by atoms with Gasteiger partial charge in [-0.2, -0.15) is 11.8 Å². The molecule has 1 aromatic rings. The third-order valence-corrected chi connectivity index (χ3v) is 5.21. The average molecular weight is 330 g/mol. The molecule has 0 spiro atoms. The molecule has 2 heterocycles. The molecule has 1 aliphatic heterocycles. The van der Waals surface area contributed by atoms with Crippen molar-refractivity contribution in [2.45, 2.75) is 50.4 Å². The number of nitrogens with one attached hydrogen (secondary N) is 1. The molecular formula is C14H22N2O5S. The van der Waals surface area contributed by atoms with Crippen LogP contribution in [0, 0.1) is 6.92 Å². The zero-order valence-corrected chi connectivity index (χ0v) is 13.5. The Morgan fingerprint density at radius 2 is 2.27 bits per heavy atom. The highest BCUT2D eigenvalue weighted by molar-refractivity contribution is 7.99. The van der Waals surface area contributed by atoms with Crippen molar-refractivity contribution in [3.05, 3.63) is 32.6 Å². The standard InChI is InChI=1S/C14H22N2O5S/c1-3-4-22-10-5-11(21-12(10)9(18)7-17)16-6-8(2)13(19)15-14(16)20/h6,9-12,17-18H,3-5,7H2,1-2H3,(H,15,19,20)/t9-,10-,11?,12-/m1/s1. The van der Waals surface area contributed by atoms with Crippen LogP contribution in [0.5, 0.6) is 0 Å². The Labute approximate surface area is 132 Å². The predicted octanol–water partition coefficient (Wildman–Crippen LogP) is -0.00248. The van der Waals surface area contributed by atoms with E-state index in [-0.39, 0.29) is 11.9 Å². The number of ether oxygens (including phenoxy) is 1. The summed E-state index contributed by atoms with van der Waals surface area (Å²) < 4.78 is 7.14. The van der Waals surface area contributed by atoms with Crippen LogP contribution >= 0.6 is 11.8 Å². The van der Waals surface area contributed by atoms with Crippen LogP contribution in [0.25, 0.3) is 0 Å². The number of H-pyrrole nitrogens is 1. The SMILES string of the molecule is CCCS[C@@H]1CC(n2cc(C)c(=O)[nH]c2=O)O[C@@H]1[C@H](O)CO. The first-order chi connectivity index (χ1) is 10.5. The molecule has 1 saturated heterocycles. The van der Waals surface area contributed by atoms with Gasteiger partial charge in [0.15, 0.2) is 0 Å². The van der Waals surface area contributed by atoms with Gasteiger partial charge in [0.1, 0.15) is 18.4 Å². The van der Waals surface area contributed by atoms with Gasteiger partial charge < -0.3 is 14.9 Å². The molecule has 22 heavy (non-hydrogen) atoms. The fraction of sp³-hybridized carbons (Fsp3) is 0.714. The Hall–Kier alpha value is -1.09. The number of thioether (sulfide) groups is 1. The van der Waals surface area contributed by atoms with Gasteiger partial charge in [-0.25, -0.2) is 4.79 Å². The van der Waals surface area contributed by atoms with E-state index in [0.717, 1.165) is 12.2 Å². The van der Waals surface area contributed by atoms with Crippen molar-refractivity contribution in [1.29, 1.82) is 0 Å². The summed E-state index contributed by atoms with van der Waals surface area (Å²) in [5, 5.41) is 19.1. The molecule has 0 bridgehead atoms. The first kappa shape index (κ1) is 17.3. The topological polar surface area (TPSA) is 105 Å². The molecule has 8 heteroatoms. The van der Waals surface area contributed by atoms with Crippen molar-refractivity contribution in [3.8, 4) is 0 Å². The lowest BCUT2D eigenvalue weighted by Crippen LogP contribution is -2.36. The number of nitrogens with zero attached hydrogens (tertiary/aromatic N) is 1. The van der Waals surface area contributed by atoms with E-state index in [2.05, 4.69) is 11.9 Å². The van der Waals surface area contributed by atoms with E-state index >= 15 is 0 Å². The minimum absolute atomic E-state index is 0.00812. The van der Waals surface area contributed by atoms with Crippen LogP contribution in [0.1, 0.15) is 31.6 Å². The second-order valence-electron chi connectivity index (χ2n) is 5.43. The quantitative estimate of drug-likeness (QED) is 0.678. The van der Waals surface area contributed by atoms with Crippen molar-refractivity contribution >= 4 is 11.8 Å². The number of hydrogen-bond donors (Lipinski definition) is 3. The fourth-order valence-corrected chi connectivity index (χ4v) is 3.79. The summed E-state index contributed by atoms with van der Waals surface area (Å²) in [6.45, 7) is 3.29. The molecule has 1 aliphatic rings. The zero-order chi connectivity index (χ0) is 16.3. The number of rotatable bonds is 6. The van der Waals surface area contributed by atoms with Crippen LogP contribution in [0.3, 0.4) is 0 Å². The summed E-state index contributed by atoms with van der Waals surface area (Å²) >= 11 is 1.66. The third-order valence-electron chi connectivity index (χ3n) is 3.67. The molecule has 2 rings (SSSR count). The second kappa shape index (κ2) is 7.45. The van der Waals surface area contributed by atoms with Crippen molar-refractivity contribution in [1.82, 2.24) is 9.55 Å². The van der Waals surface area contributed by atoms with E-state index in [9.17, 15) is 19.8 Å². The van der Waals surface area contributed by atoms with Gasteiger partial charge in [-0.15, -0.1) is 0 Å². The molecule has 7 nitrogen and oxygen atoms in total. The number of aromatic nitrogens is 2. The maximum Gasteiger partial charge on any atom is 0.330 e. The Morgan fingerprint density at radius 1 is 1.55 bits per heavy atom. The maximum atomic E-state index is 12.0. The summed E-state index contributed by atoms with van der Waals surface area (Å²) in [5.41, 5.74) is -0.519. The smallest absolute Gasteiger partial charge is 0.330 e. The van der Waals surface area contributed by atoms with Crippen molar-refractivity contribution < 1.29 is 14.9 Å². The summed E-state index contributed by atoms with van der Waals surface area (Å²) in [6, 6.07) is 0. The van der Waals surface area contributed by atoms with E-state index in [1.807, 2.05) is 0 Å². The second-order valence-corrected chi connectivity index (χ2v) is 6.78. The van der Waals surface area contributed by atoms with Gasteiger partial charge in [0, 0.05) is 23.4 Å². The summed E-state index contributed by atoms with van der Waals surface area (Å²) in [5.74, 6) is 0.912. The van der Waals surface area contributed by atoms with Crippen molar-refractivity contribution in [2.75, 3.05) is 12.4 Å². The Balaban J connectivity index is 2.25. The van der Waals surface area contributed by atoms with Gasteiger partial charge in [0.2, 0.25) is 0 Å². The van der Waals surface area contributed by atoms with Gasteiger partial charge in [-0.1, -0.05) is 6.92 Å². The van der Waals surface area contributed by atoms with Gasteiger partial charge in [0.25, 0.3) is 5.56 Å². The number of aryl methyl sites for hydroxylation is 1. The summed E-state index contributed by atoms with van der Waals surface area (Å²) in [6.07, 6.45) is 0.929. The molecule has 3 N–H and O–H groups in total. The minimum atomic E-state index is -0.987. The lowest BCUT2D eigenvalue weighted by Gasteiger charge is -2.22. The van der Waals surface area contributed by atoms with Gasteiger partial charge in [-0.3, -0.25) is 14.3 Å². The number of aliphatic hydroxyl groups excluding tert-OH is 2. The van der Waals surface area contributed by atoms with Gasteiger partial charge in [-0.05, 0) is 19.1 Å². The highest BCUT2D eigenvalue weighted by Crippen LogP contribution is 2.37. The Kier molecular flexibility index (Phi) is 5.85. The third kappa shape index (κ3) is 3.62. The molecule has 1 unspecified atom stereocenters. The molecule has 1 aromatic heterocycles. The predicted molar refractivity (Wildman–Crippen MR) is 84.2 cm³/mol. The largest absolute Gasteiger partial charge is 0.394 e. The van der Waals surface area contributed by atoms with Crippen molar-refractivity contribution in [2.24, 2.45) is 0 Å². The van der Waals surface area contributed by atoms with E-state index in [1.54, 1.807) is 18.7 Å². The van der Waals surface area contributed by atoms with Gasteiger partial charge >= 0.3 is 5.69 Å². The lowest BCUT2D eigenvalue weighted by molar-refractivity contribution is -0.0741. The monoisotopic (exact) mass is 330 g/mol. The van der Waals surface area contributed by atoms with E-state index in [0.29, 0.717) is 12.0 Å². The molecule has 124 valence electrons. The summed E-state index contributed by atoms with van der Waals surface area (Å²) in [4.78, 5) is 25.7. The summed E-state index contributed by atoms with van der Waals surface area (Å²) in [7, 11) is 0. The molecule has 0 amide bonds. The van der Waals surface area contributed by atoms with Crippen LogP contribution in [0.15, 0.2) is 15.8 Å². The fourth-order valence-electron chi connectivity index (χ4n) is 2.51. The Bertz CT molecular complexity index is 614. The molecule has 0 aromatic carbocycles. The van der Waals surface area contributed by atoms with Crippen LogP contribution in [-0.2, 0) is 4.74 Å². The number of aliphatic hydroxyl groups is 2. The zero-order valence-electron chi connectivity index (χ0n) is 12.7. The van der Waals surface area contributed by atoms with Gasteiger partial charge in [0.05, 0.1) is 6.61 Å². The van der Waals surface area contributed by atoms with Crippen LogP contribution in [-0.4, -0.2) is 49.6 Å². The number of hydrogen-bond acceptors (Lipinski definition) is 6. The molecule has 0 saturated carbocycles. The maximum absolute atomic E-state index is 12.0. The molecule has 0 radical (unpaired) electrons. The minimum Gasteiger partial charge on any atom is -0.394 e. The first-order valence-electron chi connectivity index (χ1n) is 7.36. The molecule has 1 fully saturated rings. The normalized spacial score (nSPS) is 26.3. The molecule has 4 atom stereocenters.